The van der Waals surface area contributed by atoms with Gasteiger partial charge < -0.3 is 19.9 Å². The maximum Gasteiger partial charge on any atom is 0.332 e. The number of nitrogens with zero attached hydrogens (tertiary/aromatic N) is 2. The average molecular weight is 388 g/mol. The fourth-order valence-corrected chi connectivity index (χ4v) is 3.41. The van der Waals surface area contributed by atoms with E-state index < -0.39 is 0 Å². The van der Waals surface area contributed by atoms with Gasteiger partial charge in [0.25, 0.3) is 0 Å². The quantitative estimate of drug-likeness (QED) is 0.313. The highest BCUT2D eigenvalue weighted by atomic mass is 16.5. The average Bonchev–Trinajstić information content (AvgIpc) is 3.04. The molecule has 0 amide bonds. The van der Waals surface area contributed by atoms with Gasteiger partial charge in [-0.3, -0.25) is 0 Å². The second kappa shape index (κ2) is 7.59. The number of methoxy groups -OCH3 is 2. The molecule has 6 heteroatoms. The van der Waals surface area contributed by atoms with Crippen LogP contribution in [0.4, 0.5) is 0 Å². The Labute approximate surface area is 168 Å². The summed E-state index contributed by atoms with van der Waals surface area (Å²) in [6.07, 6.45) is 0. The molecule has 1 N–H and O–H groups in total. The zero-order valence-electron chi connectivity index (χ0n) is 16.1. The van der Waals surface area contributed by atoms with E-state index in [0.29, 0.717) is 34.0 Å². The SMILES string of the molecule is COc1ccc(-c2n(O)c(-c3ccccc3)c(-c3ccccc3)[n+]2[O-])cc1OC. The molecule has 1 heterocycles. The Morgan fingerprint density at radius 2 is 1.34 bits per heavy atom. The van der Waals surface area contributed by atoms with Crippen molar-refractivity contribution in [2.45, 2.75) is 0 Å². The molecule has 0 unspecified atom stereocenters. The predicted octanol–water partition coefficient (Wildman–Crippen LogP) is 4.38. The molecule has 0 saturated heterocycles. The lowest BCUT2D eigenvalue weighted by Gasteiger charge is -2.10. The number of imidazole rings is 1. The fraction of sp³-hybridized carbons (Fsp3) is 0.0870. The Morgan fingerprint density at radius 1 is 0.759 bits per heavy atom. The highest BCUT2D eigenvalue weighted by Crippen LogP contribution is 2.36. The van der Waals surface area contributed by atoms with Gasteiger partial charge in [0.05, 0.1) is 19.8 Å². The first-order valence-electron chi connectivity index (χ1n) is 9.06. The molecule has 0 bridgehead atoms. The van der Waals surface area contributed by atoms with Crippen LogP contribution < -0.4 is 14.2 Å². The first-order chi connectivity index (χ1) is 14.2. The molecule has 0 radical (unpaired) electrons. The number of rotatable bonds is 5. The number of hydrogen-bond donors (Lipinski definition) is 1. The molecule has 0 spiro atoms. The van der Waals surface area contributed by atoms with Gasteiger partial charge in [0.2, 0.25) is 5.69 Å². The van der Waals surface area contributed by atoms with Gasteiger partial charge in [-0.15, -0.1) is 0 Å². The van der Waals surface area contributed by atoms with E-state index in [9.17, 15) is 10.4 Å². The van der Waals surface area contributed by atoms with Crippen molar-refractivity contribution in [1.29, 1.82) is 0 Å². The second-order valence-electron chi connectivity index (χ2n) is 6.43. The molecule has 1 aromatic heterocycles. The summed E-state index contributed by atoms with van der Waals surface area (Å²) >= 11 is 0. The molecule has 29 heavy (non-hydrogen) atoms. The van der Waals surface area contributed by atoms with Crippen molar-refractivity contribution in [2.24, 2.45) is 0 Å². The molecular formula is C23H20N2O4. The molecular weight excluding hydrogens is 368 g/mol. The van der Waals surface area contributed by atoms with E-state index >= 15 is 0 Å². The summed E-state index contributed by atoms with van der Waals surface area (Å²) in [7, 11) is 3.07. The largest absolute Gasteiger partial charge is 0.710 e. The van der Waals surface area contributed by atoms with Gasteiger partial charge in [-0.1, -0.05) is 60.7 Å². The fourth-order valence-electron chi connectivity index (χ4n) is 3.41. The van der Waals surface area contributed by atoms with E-state index in [4.69, 9.17) is 9.47 Å². The third-order valence-corrected chi connectivity index (χ3v) is 4.77. The Hall–Kier alpha value is -3.93. The first-order valence-corrected chi connectivity index (χ1v) is 9.06. The van der Waals surface area contributed by atoms with Crippen LogP contribution in [0, 0.1) is 5.21 Å². The molecule has 4 rings (SSSR count). The standard InChI is InChI=1S/C23H20N2O4/c1-28-19-14-13-18(15-20(19)29-2)23-24(26)21(16-9-5-3-6-10-16)22(25(23)27)17-11-7-4-8-12-17/h3-15,26H,1-2H3. The molecule has 6 nitrogen and oxygen atoms in total. The number of aromatic nitrogens is 2. The summed E-state index contributed by atoms with van der Waals surface area (Å²) in [6.45, 7) is 0. The van der Waals surface area contributed by atoms with Crippen molar-refractivity contribution in [3.05, 3.63) is 84.1 Å². The summed E-state index contributed by atoms with van der Waals surface area (Å²) in [4.78, 5) is 0. The highest BCUT2D eigenvalue weighted by molar-refractivity contribution is 5.79. The maximum absolute atomic E-state index is 13.4. The molecule has 4 aromatic rings. The highest BCUT2D eigenvalue weighted by Gasteiger charge is 2.31. The van der Waals surface area contributed by atoms with Crippen molar-refractivity contribution < 1.29 is 19.4 Å². The lowest BCUT2D eigenvalue weighted by atomic mass is 10.1. The topological polar surface area (TPSA) is 70.6 Å². The number of ether oxygens (including phenoxy) is 2. The lowest BCUT2D eigenvalue weighted by molar-refractivity contribution is -0.582. The zero-order valence-corrected chi connectivity index (χ0v) is 16.1. The van der Waals surface area contributed by atoms with Crippen molar-refractivity contribution in [2.75, 3.05) is 14.2 Å². The van der Waals surface area contributed by atoms with Gasteiger partial charge in [0.15, 0.2) is 17.2 Å². The molecule has 0 atom stereocenters. The van der Waals surface area contributed by atoms with Crippen molar-refractivity contribution >= 4 is 0 Å². The summed E-state index contributed by atoms with van der Waals surface area (Å²) in [5.41, 5.74) is 2.71. The van der Waals surface area contributed by atoms with Gasteiger partial charge in [0.1, 0.15) is 0 Å². The monoisotopic (exact) mass is 388 g/mol. The maximum atomic E-state index is 13.4. The smallest absolute Gasteiger partial charge is 0.332 e. The summed E-state index contributed by atoms with van der Waals surface area (Å²) < 4.78 is 12.3. The van der Waals surface area contributed by atoms with Gasteiger partial charge in [0, 0.05) is 11.1 Å². The van der Waals surface area contributed by atoms with E-state index in [1.807, 2.05) is 60.7 Å². The van der Waals surface area contributed by atoms with Crippen LogP contribution in [0.1, 0.15) is 0 Å². The summed E-state index contributed by atoms with van der Waals surface area (Å²) in [6, 6.07) is 23.7. The molecule has 0 aliphatic heterocycles. The number of hydrogen-bond acceptors (Lipinski definition) is 4. The van der Waals surface area contributed by atoms with Crippen molar-refractivity contribution in [1.82, 2.24) is 4.73 Å². The third-order valence-electron chi connectivity index (χ3n) is 4.77. The van der Waals surface area contributed by atoms with Crippen molar-refractivity contribution in [3.8, 4) is 45.4 Å². The molecule has 0 aliphatic carbocycles. The normalized spacial score (nSPS) is 10.7. The minimum Gasteiger partial charge on any atom is -0.710 e. The Morgan fingerprint density at radius 3 is 1.93 bits per heavy atom. The van der Waals surface area contributed by atoms with Gasteiger partial charge in [-0.2, -0.15) is 0 Å². The molecule has 146 valence electrons. The molecule has 0 saturated carbocycles. The molecule has 0 fully saturated rings. The minimum absolute atomic E-state index is 0.0867. The van der Waals surface area contributed by atoms with Crippen LogP contribution in [-0.2, 0) is 0 Å². The van der Waals surface area contributed by atoms with Crippen molar-refractivity contribution in [3.63, 3.8) is 0 Å². The Balaban J connectivity index is 2.01. The van der Waals surface area contributed by atoms with Gasteiger partial charge in [-0.05, 0) is 22.9 Å². The predicted molar refractivity (Wildman–Crippen MR) is 110 cm³/mol. The van der Waals surface area contributed by atoms with E-state index in [2.05, 4.69) is 0 Å². The van der Waals surface area contributed by atoms with Crippen LogP contribution in [0.5, 0.6) is 11.5 Å². The Kier molecular flexibility index (Phi) is 4.83. The Bertz CT molecular complexity index is 1080. The van der Waals surface area contributed by atoms with Crippen LogP contribution in [-0.4, -0.2) is 24.2 Å². The lowest BCUT2D eigenvalue weighted by Crippen LogP contribution is -2.30. The first kappa shape index (κ1) is 18.4. The molecule has 0 aliphatic rings. The molecule has 3 aromatic carbocycles. The summed E-state index contributed by atoms with van der Waals surface area (Å²) in [5.74, 6) is 1.09. The van der Waals surface area contributed by atoms with Crippen LogP contribution in [0.25, 0.3) is 33.9 Å². The van der Waals surface area contributed by atoms with E-state index in [1.54, 1.807) is 25.3 Å². The zero-order chi connectivity index (χ0) is 20.4. The van der Waals surface area contributed by atoms with E-state index in [0.717, 1.165) is 15.0 Å². The van der Waals surface area contributed by atoms with E-state index in [-0.39, 0.29) is 5.82 Å². The summed E-state index contributed by atoms with van der Waals surface area (Å²) in [5, 5.41) is 24.5. The number of benzene rings is 3. The van der Waals surface area contributed by atoms with E-state index in [1.165, 1.54) is 7.11 Å². The van der Waals surface area contributed by atoms with Crippen LogP contribution >= 0.6 is 0 Å². The van der Waals surface area contributed by atoms with Crippen LogP contribution in [0.2, 0.25) is 0 Å². The second-order valence-corrected chi connectivity index (χ2v) is 6.43. The minimum atomic E-state index is 0.0867. The van der Waals surface area contributed by atoms with Crippen LogP contribution in [0.15, 0.2) is 78.9 Å². The van der Waals surface area contributed by atoms with Gasteiger partial charge >= 0.3 is 5.82 Å². The van der Waals surface area contributed by atoms with Gasteiger partial charge in [-0.25, -0.2) is 4.73 Å². The van der Waals surface area contributed by atoms with Crippen LogP contribution in [0.3, 0.4) is 0 Å². The third kappa shape index (κ3) is 3.14.